The molecule has 3 amide bonds. The van der Waals surface area contributed by atoms with Gasteiger partial charge in [0.1, 0.15) is 0 Å². The van der Waals surface area contributed by atoms with Crippen molar-refractivity contribution in [1.29, 1.82) is 0 Å². The number of rotatable bonds is 8. The molecule has 2 heterocycles. The summed E-state index contributed by atoms with van der Waals surface area (Å²) in [5.41, 5.74) is 1.71. The van der Waals surface area contributed by atoms with E-state index in [1.165, 1.54) is 36.1 Å². The summed E-state index contributed by atoms with van der Waals surface area (Å²) in [6.07, 6.45) is 1.72. The molecule has 4 rings (SSSR count). The Morgan fingerprint density at radius 2 is 1.69 bits per heavy atom. The fourth-order valence-electron chi connectivity index (χ4n) is 4.11. The van der Waals surface area contributed by atoms with Gasteiger partial charge in [-0.05, 0) is 61.4 Å². The minimum atomic E-state index is -3.68. The van der Waals surface area contributed by atoms with Gasteiger partial charge in [0.25, 0.3) is 0 Å². The summed E-state index contributed by atoms with van der Waals surface area (Å²) in [5.74, 6) is -1.22. The van der Waals surface area contributed by atoms with E-state index in [0.717, 1.165) is 12.8 Å². The summed E-state index contributed by atoms with van der Waals surface area (Å²) in [6, 6.07) is 12.7. The molecular weight excluding hydrogens is 472 g/mol. The van der Waals surface area contributed by atoms with E-state index in [1.807, 2.05) is 0 Å². The van der Waals surface area contributed by atoms with Crippen LogP contribution in [-0.4, -0.2) is 51.9 Å². The molecule has 0 aliphatic carbocycles. The van der Waals surface area contributed by atoms with Crippen LogP contribution in [0.2, 0.25) is 0 Å². The van der Waals surface area contributed by atoms with E-state index in [2.05, 4.69) is 15.4 Å². The second-order valence-corrected chi connectivity index (χ2v) is 10.4. The Balaban J connectivity index is 1.33. The predicted molar refractivity (Wildman–Crippen MR) is 130 cm³/mol. The Morgan fingerprint density at radius 3 is 2.31 bits per heavy atom. The Hall–Kier alpha value is -3.28. The van der Waals surface area contributed by atoms with Crippen molar-refractivity contribution >= 4 is 44.8 Å². The van der Waals surface area contributed by atoms with E-state index in [9.17, 15) is 22.8 Å². The predicted octanol–water partition coefficient (Wildman–Crippen LogP) is 2.09. The topological polar surface area (TPSA) is 134 Å². The smallest absolute Gasteiger partial charge is 0.240 e. The van der Waals surface area contributed by atoms with Gasteiger partial charge < -0.3 is 20.3 Å². The molecule has 2 aromatic rings. The zero-order valence-corrected chi connectivity index (χ0v) is 20.1. The Kier molecular flexibility index (Phi) is 7.48. The summed E-state index contributed by atoms with van der Waals surface area (Å²) < 4.78 is 33.0. The van der Waals surface area contributed by atoms with Gasteiger partial charge in [-0.2, -0.15) is 0 Å². The van der Waals surface area contributed by atoms with Gasteiger partial charge in [-0.3, -0.25) is 14.4 Å². The average Bonchev–Trinajstić information content (AvgIpc) is 3.48. The van der Waals surface area contributed by atoms with Crippen LogP contribution in [0.5, 0.6) is 0 Å². The van der Waals surface area contributed by atoms with Crippen molar-refractivity contribution in [1.82, 2.24) is 4.72 Å². The van der Waals surface area contributed by atoms with Gasteiger partial charge in [0.2, 0.25) is 27.7 Å². The third-order valence-corrected chi connectivity index (χ3v) is 7.39. The van der Waals surface area contributed by atoms with Gasteiger partial charge in [0.15, 0.2) is 0 Å². The van der Waals surface area contributed by atoms with Gasteiger partial charge in [0, 0.05) is 50.1 Å². The zero-order valence-electron chi connectivity index (χ0n) is 19.3. The van der Waals surface area contributed by atoms with Gasteiger partial charge >= 0.3 is 0 Å². The summed E-state index contributed by atoms with van der Waals surface area (Å²) in [4.78, 5) is 38.1. The normalized spacial score (nSPS) is 20.1. The molecule has 0 bridgehead atoms. The fraction of sp³-hybridized carbons (Fsp3) is 0.375. The van der Waals surface area contributed by atoms with Crippen molar-refractivity contribution < 1.29 is 27.5 Å². The molecule has 186 valence electrons. The minimum absolute atomic E-state index is 0.0684. The molecular formula is C24H28N4O6S. The molecule has 0 saturated carbocycles. The first-order valence-electron chi connectivity index (χ1n) is 11.4. The first kappa shape index (κ1) is 24.8. The second kappa shape index (κ2) is 10.5. The molecule has 2 aliphatic rings. The van der Waals surface area contributed by atoms with Crippen LogP contribution in [0, 0.1) is 5.92 Å². The van der Waals surface area contributed by atoms with E-state index in [-0.39, 0.29) is 48.2 Å². The van der Waals surface area contributed by atoms with E-state index >= 15 is 0 Å². The van der Waals surface area contributed by atoms with Crippen molar-refractivity contribution in [3.63, 3.8) is 0 Å². The number of hydrogen-bond acceptors (Lipinski definition) is 6. The van der Waals surface area contributed by atoms with Crippen LogP contribution in [0.3, 0.4) is 0 Å². The van der Waals surface area contributed by atoms with Crippen LogP contribution in [0.1, 0.15) is 26.2 Å². The van der Waals surface area contributed by atoms with Gasteiger partial charge in [-0.15, -0.1) is 0 Å². The average molecular weight is 501 g/mol. The molecule has 2 aliphatic heterocycles. The molecule has 0 aromatic heterocycles. The van der Waals surface area contributed by atoms with Crippen LogP contribution < -0.4 is 20.3 Å². The van der Waals surface area contributed by atoms with Gasteiger partial charge in [0.05, 0.1) is 16.9 Å². The molecule has 2 unspecified atom stereocenters. The lowest BCUT2D eigenvalue weighted by Gasteiger charge is -2.17. The van der Waals surface area contributed by atoms with Crippen LogP contribution in [0.15, 0.2) is 53.4 Å². The molecule has 11 heteroatoms. The molecule has 2 aromatic carbocycles. The molecule has 0 radical (unpaired) electrons. The lowest BCUT2D eigenvalue weighted by Crippen LogP contribution is -2.31. The SMILES string of the molecule is CC(=O)Nc1ccc(N2CC(C(=O)Nc3ccc(S(=O)(=O)NCC4CCCO4)cc3)CC2=O)cc1. The number of carbonyl (C=O) groups is 3. The number of hydrogen-bond donors (Lipinski definition) is 3. The van der Waals surface area contributed by atoms with Crippen LogP contribution in [-0.2, 0) is 29.1 Å². The maximum absolute atomic E-state index is 12.8. The Labute approximate surface area is 204 Å². The summed E-state index contributed by atoms with van der Waals surface area (Å²) in [6.45, 7) is 2.51. The number of nitrogens with one attached hydrogen (secondary N) is 3. The van der Waals surface area contributed by atoms with E-state index in [4.69, 9.17) is 4.74 Å². The summed E-state index contributed by atoms with van der Waals surface area (Å²) >= 11 is 0. The molecule has 2 atom stereocenters. The van der Waals surface area contributed by atoms with Gasteiger partial charge in [-0.25, -0.2) is 13.1 Å². The number of carbonyl (C=O) groups excluding carboxylic acids is 3. The molecule has 35 heavy (non-hydrogen) atoms. The van der Waals surface area contributed by atoms with Crippen LogP contribution in [0.25, 0.3) is 0 Å². The van der Waals surface area contributed by atoms with Crippen molar-refractivity contribution in [2.24, 2.45) is 5.92 Å². The van der Waals surface area contributed by atoms with Crippen molar-refractivity contribution in [3.8, 4) is 0 Å². The largest absolute Gasteiger partial charge is 0.377 e. The first-order valence-corrected chi connectivity index (χ1v) is 12.9. The highest BCUT2D eigenvalue weighted by Gasteiger charge is 2.35. The summed E-state index contributed by atoms with van der Waals surface area (Å²) in [7, 11) is -3.68. The van der Waals surface area contributed by atoms with E-state index < -0.39 is 15.9 Å². The number of ether oxygens (including phenoxy) is 1. The van der Waals surface area contributed by atoms with Crippen LogP contribution in [0.4, 0.5) is 17.1 Å². The lowest BCUT2D eigenvalue weighted by molar-refractivity contribution is -0.122. The van der Waals surface area contributed by atoms with E-state index in [1.54, 1.807) is 24.3 Å². The highest BCUT2D eigenvalue weighted by atomic mass is 32.2. The van der Waals surface area contributed by atoms with Crippen molar-refractivity contribution in [2.45, 2.75) is 37.2 Å². The minimum Gasteiger partial charge on any atom is -0.377 e. The second-order valence-electron chi connectivity index (χ2n) is 8.63. The maximum Gasteiger partial charge on any atom is 0.240 e. The number of benzene rings is 2. The molecule has 3 N–H and O–H groups in total. The first-order chi connectivity index (χ1) is 16.7. The van der Waals surface area contributed by atoms with Crippen molar-refractivity contribution in [2.75, 3.05) is 35.2 Å². The van der Waals surface area contributed by atoms with Crippen LogP contribution >= 0.6 is 0 Å². The van der Waals surface area contributed by atoms with Gasteiger partial charge in [-0.1, -0.05) is 0 Å². The highest BCUT2D eigenvalue weighted by Crippen LogP contribution is 2.27. The fourth-order valence-corrected chi connectivity index (χ4v) is 5.18. The lowest BCUT2D eigenvalue weighted by atomic mass is 10.1. The quantitative estimate of drug-likeness (QED) is 0.508. The Morgan fingerprint density at radius 1 is 1.03 bits per heavy atom. The maximum atomic E-state index is 12.8. The van der Waals surface area contributed by atoms with Crippen molar-refractivity contribution in [3.05, 3.63) is 48.5 Å². The molecule has 2 fully saturated rings. The third kappa shape index (κ3) is 6.24. The van der Waals surface area contributed by atoms with E-state index in [0.29, 0.717) is 23.7 Å². The highest BCUT2D eigenvalue weighted by molar-refractivity contribution is 7.89. The summed E-state index contributed by atoms with van der Waals surface area (Å²) in [5, 5.41) is 5.43. The standard InChI is InChI=1S/C24H28N4O6S/c1-16(29)26-18-4-8-20(9-5-18)28-15-17(13-23(28)30)24(31)27-19-6-10-22(11-7-19)35(32,33)25-14-21-3-2-12-34-21/h4-11,17,21,25H,2-3,12-15H2,1H3,(H,26,29)(H,27,31). The number of amides is 3. The zero-order chi connectivity index (χ0) is 25.0. The molecule has 2 saturated heterocycles. The number of nitrogens with zero attached hydrogens (tertiary/aromatic N) is 1. The monoisotopic (exact) mass is 500 g/mol. The third-order valence-electron chi connectivity index (χ3n) is 5.95. The Bertz CT molecular complexity index is 1190. The molecule has 0 spiro atoms. The number of anilines is 3. The molecule has 10 nitrogen and oxygen atoms in total. The number of sulfonamides is 1.